The zero-order valence-electron chi connectivity index (χ0n) is 20.5. The molecule has 188 valence electrons. The molecule has 5 rings (SSSR count). The van der Waals surface area contributed by atoms with Crippen molar-refractivity contribution in [2.45, 2.75) is 0 Å². The summed E-state index contributed by atoms with van der Waals surface area (Å²) in [5, 5.41) is 4.69. The number of carbonyl (C=O) groups excluding carboxylic acids is 2. The van der Waals surface area contributed by atoms with E-state index < -0.39 is 0 Å². The Morgan fingerprint density at radius 3 is 2.22 bits per heavy atom. The predicted octanol–water partition coefficient (Wildman–Crippen LogP) is 4.33. The molecule has 0 atom stereocenters. The lowest BCUT2D eigenvalue weighted by atomic mass is 10.1. The van der Waals surface area contributed by atoms with Crippen LogP contribution in [0.4, 0.5) is 4.39 Å². The summed E-state index contributed by atoms with van der Waals surface area (Å²) in [7, 11) is 1.62. The molecule has 0 N–H and O–H groups in total. The van der Waals surface area contributed by atoms with Gasteiger partial charge in [-0.05, 0) is 54.6 Å². The van der Waals surface area contributed by atoms with E-state index in [9.17, 15) is 14.0 Å². The number of hydrogen-bond donors (Lipinski definition) is 0. The highest BCUT2D eigenvalue weighted by molar-refractivity contribution is 5.97. The van der Waals surface area contributed by atoms with Crippen LogP contribution in [0.25, 0.3) is 16.9 Å². The average Bonchev–Trinajstić information content (AvgIpc) is 3.39. The summed E-state index contributed by atoms with van der Waals surface area (Å²) in [6.07, 6.45) is 0. The van der Waals surface area contributed by atoms with E-state index in [0.29, 0.717) is 37.4 Å². The van der Waals surface area contributed by atoms with E-state index in [1.807, 2.05) is 65.6 Å². The van der Waals surface area contributed by atoms with Gasteiger partial charge in [0, 0.05) is 37.3 Å². The first-order valence-electron chi connectivity index (χ1n) is 12.1. The van der Waals surface area contributed by atoms with Gasteiger partial charge in [0.1, 0.15) is 11.6 Å². The SMILES string of the molecule is COc1ccc(-n2nc(C(=O)N3CCN(CC(=O)c4ccc(F)cc4)CC3)cc2-c2ccccc2)cc1. The largest absolute Gasteiger partial charge is 0.497 e. The Kier molecular flexibility index (Phi) is 7.09. The van der Waals surface area contributed by atoms with Crippen LogP contribution < -0.4 is 4.74 Å². The lowest BCUT2D eigenvalue weighted by Crippen LogP contribution is -2.50. The second kappa shape index (κ2) is 10.8. The topological polar surface area (TPSA) is 67.7 Å². The zero-order valence-corrected chi connectivity index (χ0v) is 20.5. The first kappa shape index (κ1) is 24.4. The number of piperazine rings is 1. The third kappa shape index (κ3) is 5.44. The molecule has 0 bridgehead atoms. The summed E-state index contributed by atoms with van der Waals surface area (Å²) in [6, 6.07) is 24.8. The van der Waals surface area contributed by atoms with E-state index in [-0.39, 0.29) is 24.1 Å². The summed E-state index contributed by atoms with van der Waals surface area (Å²) in [4.78, 5) is 29.8. The van der Waals surface area contributed by atoms with Gasteiger partial charge >= 0.3 is 0 Å². The smallest absolute Gasteiger partial charge is 0.274 e. The second-order valence-corrected chi connectivity index (χ2v) is 8.89. The second-order valence-electron chi connectivity index (χ2n) is 8.89. The van der Waals surface area contributed by atoms with Crippen molar-refractivity contribution in [3.05, 3.63) is 102 Å². The van der Waals surface area contributed by atoms with Crippen molar-refractivity contribution < 1.29 is 18.7 Å². The highest BCUT2D eigenvalue weighted by atomic mass is 19.1. The maximum absolute atomic E-state index is 13.4. The molecule has 0 radical (unpaired) electrons. The van der Waals surface area contributed by atoms with Crippen molar-refractivity contribution >= 4 is 11.7 Å². The molecule has 1 fully saturated rings. The van der Waals surface area contributed by atoms with E-state index in [2.05, 4.69) is 5.10 Å². The first-order valence-corrected chi connectivity index (χ1v) is 12.1. The maximum Gasteiger partial charge on any atom is 0.274 e. The highest BCUT2D eigenvalue weighted by Gasteiger charge is 2.26. The molecule has 4 aromatic rings. The van der Waals surface area contributed by atoms with Gasteiger partial charge in [0.15, 0.2) is 11.5 Å². The highest BCUT2D eigenvalue weighted by Crippen LogP contribution is 2.26. The van der Waals surface area contributed by atoms with Crippen LogP contribution in [0, 0.1) is 5.82 Å². The first-order chi connectivity index (χ1) is 18.0. The van der Waals surface area contributed by atoms with E-state index >= 15 is 0 Å². The molecular weight excluding hydrogens is 471 g/mol. The number of ether oxygens (including phenoxy) is 1. The van der Waals surface area contributed by atoms with Gasteiger partial charge in [-0.3, -0.25) is 14.5 Å². The van der Waals surface area contributed by atoms with E-state index in [1.54, 1.807) is 16.7 Å². The van der Waals surface area contributed by atoms with Gasteiger partial charge in [-0.1, -0.05) is 30.3 Å². The molecule has 0 spiro atoms. The van der Waals surface area contributed by atoms with Crippen LogP contribution in [0.3, 0.4) is 0 Å². The Balaban J connectivity index is 1.30. The summed E-state index contributed by atoms with van der Waals surface area (Å²) < 4.78 is 20.2. The van der Waals surface area contributed by atoms with Gasteiger partial charge in [-0.15, -0.1) is 0 Å². The fraction of sp³-hybridized carbons (Fsp3) is 0.207. The summed E-state index contributed by atoms with van der Waals surface area (Å²) in [5.74, 6) is 0.164. The fourth-order valence-corrected chi connectivity index (χ4v) is 4.42. The number of halogens is 1. The molecule has 0 saturated carbocycles. The lowest BCUT2D eigenvalue weighted by molar-refractivity contribution is 0.0618. The number of rotatable bonds is 7. The van der Waals surface area contributed by atoms with Crippen LogP contribution in [0.5, 0.6) is 5.75 Å². The third-order valence-electron chi connectivity index (χ3n) is 6.51. The molecule has 1 aromatic heterocycles. The minimum atomic E-state index is -0.367. The lowest BCUT2D eigenvalue weighted by Gasteiger charge is -2.34. The van der Waals surface area contributed by atoms with Crippen molar-refractivity contribution in [3.63, 3.8) is 0 Å². The molecule has 1 amide bonds. The molecular formula is C29H27FN4O3. The number of Topliss-reactive ketones (excluding diaryl/α,β-unsaturated/α-hetero) is 1. The van der Waals surface area contributed by atoms with Crippen LogP contribution in [0.15, 0.2) is 84.9 Å². The molecule has 1 saturated heterocycles. The molecule has 7 nitrogen and oxygen atoms in total. The van der Waals surface area contributed by atoms with E-state index in [4.69, 9.17) is 4.74 Å². The number of ketones is 1. The number of aromatic nitrogens is 2. The number of nitrogens with zero attached hydrogens (tertiary/aromatic N) is 4. The van der Waals surface area contributed by atoms with Gasteiger partial charge in [0.05, 0.1) is 25.0 Å². The Morgan fingerprint density at radius 1 is 0.892 bits per heavy atom. The van der Waals surface area contributed by atoms with Crippen molar-refractivity contribution in [1.29, 1.82) is 0 Å². The molecule has 0 aliphatic carbocycles. The van der Waals surface area contributed by atoms with Gasteiger partial charge in [0.25, 0.3) is 5.91 Å². The number of benzene rings is 3. The van der Waals surface area contributed by atoms with Gasteiger partial charge in [-0.2, -0.15) is 5.10 Å². The van der Waals surface area contributed by atoms with E-state index in [1.165, 1.54) is 24.3 Å². The van der Waals surface area contributed by atoms with Crippen LogP contribution in [-0.2, 0) is 0 Å². The van der Waals surface area contributed by atoms with Crippen LogP contribution in [0.1, 0.15) is 20.8 Å². The third-order valence-corrected chi connectivity index (χ3v) is 6.51. The normalized spacial score (nSPS) is 13.9. The number of hydrogen-bond acceptors (Lipinski definition) is 5. The van der Waals surface area contributed by atoms with Gasteiger partial charge in [0.2, 0.25) is 0 Å². The Bertz CT molecular complexity index is 1380. The number of carbonyl (C=O) groups is 2. The molecule has 1 aliphatic rings. The molecule has 1 aliphatic heterocycles. The minimum Gasteiger partial charge on any atom is -0.497 e. The van der Waals surface area contributed by atoms with Crippen molar-refractivity contribution in [2.75, 3.05) is 39.8 Å². The van der Waals surface area contributed by atoms with Gasteiger partial charge in [-0.25, -0.2) is 9.07 Å². The minimum absolute atomic E-state index is 0.0643. The predicted molar refractivity (Wildman–Crippen MR) is 139 cm³/mol. The molecule has 3 aromatic carbocycles. The molecule has 8 heteroatoms. The summed E-state index contributed by atoms with van der Waals surface area (Å²) in [6.45, 7) is 2.36. The summed E-state index contributed by atoms with van der Waals surface area (Å²) >= 11 is 0. The van der Waals surface area contributed by atoms with Crippen LogP contribution in [0.2, 0.25) is 0 Å². The Hall–Kier alpha value is -4.30. The maximum atomic E-state index is 13.4. The zero-order chi connectivity index (χ0) is 25.8. The number of methoxy groups -OCH3 is 1. The van der Waals surface area contributed by atoms with Crippen molar-refractivity contribution in [1.82, 2.24) is 19.6 Å². The van der Waals surface area contributed by atoms with Crippen LogP contribution in [-0.4, -0.2) is 71.1 Å². The average molecular weight is 499 g/mol. The quantitative estimate of drug-likeness (QED) is 0.355. The molecule has 2 heterocycles. The monoisotopic (exact) mass is 498 g/mol. The van der Waals surface area contributed by atoms with E-state index in [0.717, 1.165) is 22.7 Å². The Morgan fingerprint density at radius 2 is 1.57 bits per heavy atom. The number of amides is 1. The van der Waals surface area contributed by atoms with Crippen LogP contribution >= 0.6 is 0 Å². The molecule has 0 unspecified atom stereocenters. The fourth-order valence-electron chi connectivity index (χ4n) is 4.42. The Labute approximate surface area is 214 Å². The van der Waals surface area contributed by atoms with Crippen molar-refractivity contribution in [3.8, 4) is 22.7 Å². The van der Waals surface area contributed by atoms with Crippen molar-refractivity contribution in [2.24, 2.45) is 0 Å². The summed E-state index contributed by atoms with van der Waals surface area (Å²) in [5.41, 5.74) is 3.44. The molecule has 37 heavy (non-hydrogen) atoms. The van der Waals surface area contributed by atoms with Gasteiger partial charge < -0.3 is 9.64 Å². The standard InChI is InChI=1S/C29H27FN4O3/c1-37-25-13-11-24(12-14-25)34-27(21-5-3-2-4-6-21)19-26(31-34)29(36)33-17-15-32(16-18-33)20-28(35)22-7-9-23(30)10-8-22/h2-14,19H,15-18,20H2,1H3.